The van der Waals surface area contributed by atoms with E-state index in [1.54, 1.807) is 14.2 Å². The fraction of sp³-hybridized carbons (Fsp3) is 1.00. The van der Waals surface area contributed by atoms with E-state index in [0.29, 0.717) is 0 Å². The number of hydrogen-bond donors (Lipinski definition) is 2. The largest absolute Gasteiger partial charge is 0.398 e. The summed E-state index contributed by atoms with van der Waals surface area (Å²) in [4.78, 5) is 0. The van der Waals surface area contributed by atoms with Crippen LogP contribution in [-0.4, -0.2) is 50.0 Å². The lowest BCUT2D eigenvalue weighted by Crippen LogP contribution is -2.40. The Labute approximate surface area is 95.0 Å². The number of hydrogen-bond acceptors (Lipinski definition) is 4. The highest BCUT2D eigenvalue weighted by molar-refractivity contribution is 6.67. The Kier molecular flexibility index (Phi) is 9.33. The first-order valence-corrected chi connectivity index (χ1v) is 7.87. The molecule has 0 aliphatic rings. The molecular weight excluding hydrogens is 208 g/mol. The first kappa shape index (κ1) is 15.1. The van der Waals surface area contributed by atoms with Gasteiger partial charge in [-0.25, -0.2) is 0 Å². The van der Waals surface area contributed by atoms with Crippen molar-refractivity contribution in [3.05, 3.63) is 0 Å². The molecule has 0 aromatic rings. The Hall–Kier alpha value is 0.0569. The van der Waals surface area contributed by atoms with E-state index in [2.05, 4.69) is 10.6 Å². The van der Waals surface area contributed by atoms with Gasteiger partial charge in [0.1, 0.15) is 0 Å². The van der Waals surface area contributed by atoms with Crippen molar-refractivity contribution >= 4 is 8.56 Å². The normalized spacial score (nSPS) is 12.0. The van der Waals surface area contributed by atoms with Crippen LogP contribution in [0.1, 0.15) is 12.8 Å². The highest BCUT2D eigenvalue weighted by atomic mass is 28.4. The van der Waals surface area contributed by atoms with Crippen LogP contribution in [0.4, 0.5) is 0 Å². The molecule has 15 heavy (non-hydrogen) atoms. The van der Waals surface area contributed by atoms with E-state index in [1.807, 2.05) is 14.1 Å². The van der Waals surface area contributed by atoms with Crippen molar-refractivity contribution in [3.8, 4) is 0 Å². The molecule has 0 heterocycles. The lowest BCUT2D eigenvalue weighted by atomic mass is 10.5. The molecule has 0 radical (unpaired) electrons. The summed E-state index contributed by atoms with van der Waals surface area (Å²) in [5.41, 5.74) is 0. The quantitative estimate of drug-likeness (QED) is 0.436. The molecule has 0 fully saturated rings. The van der Waals surface area contributed by atoms with Crippen molar-refractivity contribution < 1.29 is 8.85 Å². The predicted octanol–water partition coefficient (Wildman–Crippen LogP) is 0.940. The molecule has 0 bridgehead atoms. The molecule has 2 N–H and O–H groups in total. The summed E-state index contributed by atoms with van der Waals surface area (Å²) in [5.74, 6) is 0. The molecule has 0 aromatic carbocycles. The third kappa shape index (κ3) is 6.27. The van der Waals surface area contributed by atoms with Gasteiger partial charge < -0.3 is 19.5 Å². The van der Waals surface area contributed by atoms with Crippen molar-refractivity contribution in [2.75, 3.05) is 41.4 Å². The molecule has 4 nitrogen and oxygen atoms in total. The maximum Gasteiger partial charge on any atom is 0.337 e. The maximum absolute atomic E-state index is 5.64. The van der Waals surface area contributed by atoms with E-state index in [4.69, 9.17) is 8.85 Å². The average molecular weight is 234 g/mol. The Morgan fingerprint density at radius 2 is 1.27 bits per heavy atom. The summed E-state index contributed by atoms with van der Waals surface area (Å²) in [6.45, 7) is 2.07. The zero-order valence-electron chi connectivity index (χ0n) is 10.6. The second kappa shape index (κ2) is 9.29. The zero-order valence-corrected chi connectivity index (χ0v) is 11.6. The molecule has 0 rings (SSSR count). The maximum atomic E-state index is 5.64. The van der Waals surface area contributed by atoms with Gasteiger partial charge >= 0.3 is 8.56 Å². The Morgan fingerprint density at radius 3 is 1.53 bits per heavy atom. The van der Waals surface area contributed by atoms with Gasteiger partial charge in [0, 0.05) is 14.2 Å². The van der Waals surface area contributed by atoms with E-state index in [1.165, 1.54) is 0 Å². The second-order valence-corrected chi connectivity index (χ2v) is 7.37. The van der Waals surface area contributed by atoms with Crippen molar-refractivity contribution in [1.29, 1.82) is 0 Å². The zero-order chi connectivity index (χ0) is 11.6. The van der Waals surface area contributed by atoms with Crippen molar-refractivity contribution in [2.45, 2.75) is 24.9 Å². The van der Waals surface area contributed by atoms with Crippen LogP contribution in [0, 0.1) is 0 Å². The third-order valence-electron chi connectivity index (χ3n) is 2.71. The molecule has 0 amide bonds. The van der Waals surface area contributed by atoms with E-state index in [-0.39, 0.29) is 0 Å². The summed E-state index contributed by atoms with van der Waals surface area (Å²) < 4.78 is 11.3. The van der Waals surface area contributed by atoms with Gasteiger partial charge in [-0.3, -0.25) is 0 Å². The van der Waals surface area contributed by atoms with E-state index in [0.717, 1.165) is 38.0 Å². The lowest BCUT2D eigenvalue weighted by molar-refractivity contribution is 0.239. The van der Waals surface area contributed by atoms with Gasteiger partial charge in [-0.05, 0) is 52.1 Å². The second-order valence-electron chi connectivity index (χ2n) is 3.73. The molecule has 0 saturated heterocycles. The predicted molar refractivity (Wildman–Crippen MR) is 66.5 cm³/mol. The monoisotopic (exact) mass is 234 g/mol. The summed E-state index contributed by atoms with van der Waals surface area (Å²) in [6, 6.07) is 2.15. The molecule has 0 aliphatic carbocycles. The summed E-state index contributed by atoms with van der Waals surface area (Å²) in [6.07, 6.45) is 2.26. The van der Waals surface area contributed by atoms with Crippen LogP contribution in [0.3, 0.4) is 0 Å². The third-order valence-corrected chi connectivity index (χ3v) is 6.43. The fourth-order valence-electron chi connectivity index (χ4n) is 1.69. The van der Waals surface area contributed by atoms with Gasteiger partial charge in [-0.15, -0.1) is 0 Å². The van der Waals surface area contributed by atoms with Crippen LogP contribution >= 0.6 is 0 Å². The Bertz CT molecular complexity index is 131. The molecule has 92 valence electrons. The van der Waals surface area contributed by atoms with E-state index < -0.39 is 8.56 Å². The van der Waals surface area contributed by atoms with Gasteiger partial charge in [-0.2, -0.15) is 0 Å². The summed E-state index contributed by atoms with van der Waals surface area (Å²) in [7, 11) is 5.63. The van der Waals surface area contributed by atoms with Gasteiger partial charge in [0.05, 0.1) is 0 Å². The van der Waals surface area contributed by atoms with Crippen molar-refractivity contribution in [2.24, 2.45) is 0 Å². The van der Waals surface area contributed by atoms with Gasteiger partial charge in [-0.1, -0.05) is 0 Å². The molecule has 0 saturated carbocycles. The summed E-state index contributed by atoms with van der Waals surface area (Å²) >= 11 is 0. The first-order valence-electron chi connectivity index (χ1n) is 5.64. The van der Waals surface area contributed by atoms with Crippen molar-refractivity contribution in [3.63, 3.8) is 0 Å². The van der Waals surface area contributed by atoms with Crippen LogP contribution in [0.15, 0.2) is 0 Å². The standard InChI is InChI=1S/C10H26N2O2Si/c1-11-7-5-9-15(13-3,14-4)10-6-8-12-2/h11-12H,5-10H2,1-4H3. The molecule has 0 spiro atoms. The molecule has 5 heteroatoms. The Balaban J connectivity index is 3.93. The van der Waals surface area contributed by atoms with E-state index in [9.17, 15) is 0 Å². The van der Waals surface area contributed by atoms with Crippen LogP contribution in [0.5, 0.6) is 0 Å². The topological polar surface area (TPSA) is 42.5 Å². The first-order chi connectivity index (χ1) is 7.24. The smallest absolute Gasteiger partial charge is 0.337 e. The highest BCUT2D eigenvalue weighted by Gasteiger charge is 2.33. The molecule has 0 aliphatic heterocycles. The molecule has 0 aromatic heterocycles. The van der Waals surface area contributed by atoms with Crippen LogP contribution in [0.25, 0.3) is 0 Å². The molecule has 0 atom stereocenters. The van der Waals surface area contributed by atoms with Crippen molar-refractivity contribution in [1.82, 2.24) is 10.6 Å². The number of nitrogens with one attached hydrogen (secondary N) is 2. The number of rotatable bonds is 10. The average Bonchev–Trinajstić information content (AvgIpc) is 2.28. The molecule has 0 unspecified atom stereocenters. The fourth-order valence-corrected chi connectivity index (χ4v) is 4.35. The van der Waals surface area contributed by atoms with Crippen LogP contribution in [0.2, 0.25) is 12.1 Å². The summed E-state index contributed by atoms with van der Waals surface area (Å²) in [5, 5.41) is 6.31. The Morgan fingerprint density at radius 1 is 0.867 bits per heavy atom. The SMILES string of the molecule is CNCCC[Si](CCCNC)(OC)OC. The van der Waals surface area contributed by atoms with Gasteiger partial charge in [0.25, 0.3) is 0 Å². The van der Waals surface area contributed by atoms with E-state index >= 15 is 0 Å². The lowest BCUT2D eigenvalue weighted by Gasteiger charge is -2.27. The minimum absolute atomic E-state index is 1.04. The van der Waals surface area contributed by atoms with Gasteiger partial charge in [0.2, 0.25) is 0 Å². The highest BCUT2D eigenvalue weighted by Crippen LogP contribution is 2.20. The minimum Gasteiger partial charge on any atom is -0.398 e. The van der Waals surface area contributed by atoms with Gasteiger partial charge in [0.15, 0.2) is 0 Å². The van der Waals surface area contributed by atoms with Crippen LogP contribution < -0.4 is 10.6 Å². The van der Waals surface area contributed by atoms with Crippen LogP contribution in [-0.2, 0) is 8.85 Å². The molecular formula is C10H26N2O2Si. The minimum atomic E-state index is -1.90.